The van der Waals surface area contributed by atoms with Gasteiger partial charge in [0, 0.05) is 0 Å². The average Bonchev–Trinajstić information content (AvgIpc) is 2.77. The summed E-state index contributed by atoms with van der Waals surface area (Å²) in [4.78, 5) is 7.94. The molecule has 7 heteroatoms. The second-order valence-electron chi connectivity index (χ2n) is 3.55. The Labute approximate surface area is 111 Å². The SMILES string of the molecule is Fc1cccc(-c2c(Cl)nc3ncnn3c2Cl)c1. The van der Waals surface area contributed by atoms with E-state index in [2.05, 4.69) is 15.1 Å². The first-order valence-corrected chi connectivity index (χ1v) is 5.73. The number of halogens is 3. The van der Waals surface area contributed by atoms with Crippen LogP contribution in [0.5, 0.6) is 0 Å². The third-order valence-corrected chi connectivity index (χ3v) is 3.06. The van der Waals surface area contributed by atoms with Crippen LogP contribution in [-0.4, -0.2) is 19.6 Å². The van der Waals surface area contributed by atoms with Crippen molar-refractivity contribution in [3.05, 3.63) is 46.7 Å². The largest absolute Gasteiger partial charge is 0.255 e. The van der Waals surface area contributed by atoms with Crippen molar-refractivity contribution in [1.29, 1.82) is 0 Å². The van der Waals surface area contributed by atoms with Gasteiger partial charge in [0.2, 0.25) is 0 Å². The Morgan fingerprint density at radius 2 is 2.06 bits per heavy atom. The number of benzene rings is 1. The van der Waals surface area contributed by atoms with Crippen molar-refractivity contribution in [3.8, 4) is 11.1 Å². The van der Waals surface area contributed by atoms with Gasteiger partial charge in [0.05, 0.1) is 5.56 Å². The van der Waals surface area contributed by atoms with E-state index in [4.69, 9.17) is 23.2 Å². The van der Waals surface area contributed by atoms with Crippen LogP contribution in [-0.2, 0) is 0 Å². The smallest absolute Gasteiger partial charge is 0.207 e. The lowest BCUT2D eigenvalue weighted by Gasteiger charge is -2.07. The minimum atomic E-state index is -0.377. The topological polar surface area (TPSA) is 43.1 Å². The normalized spacial score (nSPS) is 11.1. The molecule has 0 amide bonds. The van der Waals surface area contributed by atoms with Gasteiger partial charge in [-0.1, -0.05) is 35.3 Å². The van der Waals surface area contributed by atoms with Gasteiger partial charge in [-0.05, 0) is 17.7 Å². The summed E-state index contributed by atoms with van der Waals surface area (Å²) in [5, 5.41) is 4.33. The van der Waals surface area contributed by atoms with E-state index in [1.54, 1.807) is 12.1 Å². The van der Waals surface area contributed by atoms with Crippen LogP contribution < -0.4 is 0 Å². The molecule has 4 nitrogen and oxygen atoms in total. The van der Waals surface area contributed by atoms with Gasteiger partial charge in [0.1, 0.15) is 22.5 Å². The standard InChI is InChI=1S/C11H5Cl2FN4/c12-9-8(6-2-1-3-7(14)4-6)10(13)18-11(17-9)15-5-16-18/h1-5H. The first kappa shape index (κ1) is 11.4. The van der Waals surface area contributed by atoms with Gasteiger partial charge in [-0.25, -0.2) is 4.39 Å². The molecular formula is C11H5Cl2FN4. The van der Waals surface area contributed by atoms with Crippen molar-refractivity contribution in [3.63, 3.8) is 0 Å². The second-order valence-corrected chi connectivity index (χ2v) is 4.27. The van der Waals surface area contributed by atoms with Crippen LogP contribution in [0.2, 0.25) is 10.3 Å². The Balaban J connectivity index is 2.34. The maximum atomic E-state index is 13.2. The molecule has 0 unspecified atom stereocenters. The van der Waals surface area contributed by atoms with Crippen LogP contribution in [0.25, 0.3) is 16.9 Å². The van der Waals surface area contributed by atoms with E-state index in [1.807, 2.05) is 0 Å². The zero-order valence-electron chi connectivity index (χ0n) is 8.81. The summed E-state index contributed by atoms with van der Waals surface area (Å²) in [6.45, 7) is 0. The fraction of sp³-hybridized carbons (Fsp3) is 0. The molecule has 0 N–H and O–H groups in total. The van der Waals surface area contributed by atoms with Gasteiger partial charge in [-0.2, -0.15) is 19.6 Å². The number of hydrogen-bond donors (Lipinski definition) is 0. The van der Waals surface area contributed by atoms with E-state index in [-0.39, 0.29) is 16.1 Å². The molecule has 2 heterocycles. The summed E-state index contributed by atoms with van der Waals surface area (Å²) in [6.07, 6.45) is 1.32. The highest BCUT2D eigenvalue weighted by Gasteiger charge is 2.15. The highest BCUT2D eigenvalue weighted by atomic mass is 35.5. The van der Waals surface area contributed by atoms with Crippen molar-refractivity contribution in [2.24, 2.45) is 0 Å². The molecule has 0 atom stereocenters. The van der Waals surface area contributed by atoms with Crippen molar-refractivity contribution in [1.82, 2.24) is 19.6 Å². The summed E-state index contributed by atoms with van der Waals surface area (Å²) in [5.74, 6) is -0.0801. The number of fused-ring (bicyclic) bond motifs is 1. The van der Waals surface area contributed by atoms with E-state index in [9.17, 15) is 4.39 Å². The van der Waals surface area contributed by atoms with E-state index in [0.717, 1.165) is 0 Å². The van der Waals surface area contributed by atoms with Gasteiger partial charge in [0.25, 0.3) is 5.78 Å². The molecule has 0 bridgehead atoms. The van der Waals surface area contributed by atoms with Gasteiger partial charge >= 0.3 is 0 Å². The summed E-state index contributed by atoms with van der Waals surface area (Å²) in [5.41, 5.74) is 0.964. The Bertz CT molecular complexity index is 741. The zero-order valence-corrected chi connectivity index (χ0v) is 10.3. The van der Waals surface area contributed by atoms with Crippen molar-refractivity contribution < 1.29 is 4.39 Å². The molecule has 1 aromatic carbocycles. The number of aromatic nitrogens is 4. The van der Waals surface area contributed by atoms with Crippen LogP contribution >= 0.6 is 23.2 Å². The van der Waals surface area contributed by atoms with Crippen LogP contribution in [0.15, 0.2) is 30.6 Å². The predicted octanol–water partition coefficient (Wildman–Crippen LogP) is 3.24. The Morgan fingerprint density at radius 3 is 2.83 bits per heavy atom. The Kier molecular flexibility index (Phi) is 2.65. The number of nitrogens with zero attached hydrogens (tertiary/aromatic N) is 4. The van der Waals surface area contributed by atoms with E-state index in [1.165, 1.54) is 23.0 Å². The molecular weight excluding hydrogens is 278 g/mol. The molecule has 0 radical (unpaired) electrons. The minimum absolute atomic E-state index is 0.158. The fourth-order valence-corrected chi connectivity index (χ4v) is 2.31. The molecule has 18 heavy (non-hydrogen) atoms. The highest BCUT2D eigenvalue weighted by Crippen LogP contribution is 2.33. The van der Waals surface area contributed by atoms with Crippen LogP contribution in [0.1, 0.15) is 0 Å². The van der Waals surface area contributed by atoms with Crippen LogP contribution in [0, 0.1) is 5.82 Å². The molecule has 0 aliphatic rings. The van der Waals surface area contributed by atoms with Gasteiger partial charge in [-0.3, -0.25) is 0 Å². The quantitative estimate of drug-likeness (QED) is 0.644. The second kappa shape index (κ2) is 4.19. The Morgan fingerprint density at radius 1 is 1.22 bits per heavy atom. The molecule has 90 valence electrons. The van der Waals surface area contributed by atoms with Crippen molar-refractivity contribution in [2.75, 3.05) is 0 Å². The number of hydrogen-bond acceptors (Lipinski definition) is 3. The van der Waals surface area contributed by atoms with Gasteiger partial charge < -0.3 is 0 Å². The average molecular weight is 283 g/mol. The maximum absolute atomic E-state index is 13.2. The molecule has 0 saturated carbocycles. The van der Waals surface area contributed by atoms with E-state index < -0.39 is 0 Å². The monoisotopic (exact) mass is 282 g/mol. The van der Waals surface area contributed by atoms with E-state index >= 15 is 0 Å². The van der Waals surface area contributed by atoms with E-state index in [0.29, 0.717) is 16.9 Å². The van der Waals surface area contributed by atoms with Gasteiger partial charge in [0.15, 0.2) is 0 Å². The number of rotatable bonds is 1. The summed E-state index contributed by atoms with van der Waals surface area (Å²) in [6, 6.07) is 5.94. The molecule has 0 fully saturated rings. The molecule has 0 aliphatic carbocycles. The lowest BCUT2D eigenvalue weighted by Crippen LogP contribution is -1.97. The fourth-order valence-electron chi connectivity index (χ4n) is 1.67. The Hall–Kier alpha value is -1.72. The molecule has 3 rings (SSSR count). The predicted molar refractivity (Wildman–Crippen MR) is 66.2 cm³/mol. The van der Waals surface area contributed by atoms with Crippen molar-refractivity contribution >= 4 is 29.0 Å². The first-order valence-electron chi connectivity index (χ1n) is 4.97. The van der Waals surface area contributed by atoms with Crippen molar-refractivity contribution in [2.45, 2.75) is 0 Å². The first-order chi connectivity index (χ1) is 8.66. The molecule has 0 spiro atoms. The minimum Gasteiger partial charge on any atom is -0.207 e. The summed E-state index contributed by atoms with van der Waals surface area (Å²) in [7, 11) is 0. The lowest BCUT2D eigenvalue weighted by atomic mass is 10.1. The zero-order chi connectivity index (χ0) is 12.7. The molecule has 2 aromatic heterocycles. The van der Waals surface area contributed by atoms with Crippen LogP contribution in [0.4, 0.5) is 4.39 Å². The van der Waals surface area contributed by atoms with Gasteiger partial charge in [-0.15, -0.1) is 0 Å². The third kappa shape index (κ3) is 1.72. The molecule has 3 aromatic rings. The summed E-state index contributed by atoms with van der Waals surface area (Å²) < 4.78 is 14.6. The summed E-state index contributed by atoms with van der Waals surface area (Å²) >= 11 is 12.2. The highest BCUT2D eigenvalue weighted by molar-refractivity contribution is 6.38. The molecule has 0 aliphatic heterocycles. The third-order valence-electron chi connectivity index (χ3n) is 2.44. The van der Waals surface area contributed by atoms with Crippen LogP contribution in [0.3, 0.4) is 0 Å². The molecule has 0 saturated heterocycles. The maximum Gasteiger partial charge on any atom is 0.255 e. The lowest BCUT2D eigenvalue weighted by molar-refractivity contribution is 0.628.